The quantitative estimate of drug-likeness (QED) is 0.341. The number of hydrogen-bond donors (Lipinski definition) is 0. The van der Waals surface area contributed by atoms with E-state index in [1.165, 1.54) is 12.1 Å². The van der Waals surface area contributed by atoms with Gasteiger partial charge in [-0.25, -0.2) is 17.6 Å². The van der Waals surface area contributed by atoms with Crippen molar-refractivity contribution in [2.75, 3.05) is 26.2 Å². The largest absolute Gasteiger partial charge is 0.390 e. The van der Waals surface area contributed by atoms with Gasteiger partial charge in [0.1, 0.15) is 16.8 Å². The molecule has 37 heavy (non-hydrogen) atoms. The Labute approximate surface area is 213 Å². The Balaban J connectivity index is 1.49. The van der Waals surface area contributed by atoms with Crippen molar-refractivity contribution in [1.29, 1.82) is 0 Å². The molecule has 1 saturated heterocycles. The van der Waals surface area contributed by atoms with E-state index in [-0.39, 0.29) is 12.4 Å². The highest BCUT2D eigenvalue weighted by molar-refractivity contribution is 7.82. The molecule has 196 valence electrons. The van der Waals surface area contributed by atoms with Crippen LogP contribution in [0.4, 0.5) is 17.6 Å². The first-order valence-electron chi connectivity index (χ1n) is 11.8. The molecule has 4 aromatic rings. The van der Waals surface area contributed by atoms with E-state index in [0.29, 0.717) is 30.2 Å². The molecule has 3 heterocycles. The van der Waals surface area contributed by atoms with E-state index in [2.05, 4.69) is 10.2 Å². The van der Waals surface area contributed by atoms with Crippen LogP contribution in [-0.2, 0) is 18.0 Å². The molecule has 0 bridgehead atoms. The summed E-state index contributed by atoms with van der Waals surface area (Å²) in [6.07, 6.45) is -0.269. The fourth-order valence-electron chi connectivity index (χ4n) is 4.76. The Hall–Kier alpha value is -3.09. The van der Waals surface area contributed by atoms with E-state index in [4.69, 9.17) is 0 Å². The van der Waals surface area contributed by atoms with E-state index in [1.807, 2.05) is 24.0 Å². The van der Waals surface area contributed by atoms with Crippen LogP contribution in [0.5, 0.6) is 0 Å². The lowest BCUT2D eigenvalue weighted by molar-refractivity contribution is -0.140. The summed E-state index contributed by atoms with van der Waals surface area (Å²) >= 11 is 0. The van der Waals surface area contributed by atoms with Crippen LogP contribution < -0.4 is 0 Å². The summed E-state index contributed by atoms with van der Waals surface area (Å²) in [5, 5.41) is 9.36. The van der Waals surface area contributed by atoms with Crippen molar-refractivity contribution in [2.24, 2.45) is 7.05 Å². The SMILES string of the molecule is Cc1cc2c(cnn2-c2ccc(F)cc2)cc1C1CN(S(=O)c2cnn(C)c2)CCN1CCC(F)(F)F. The van der Waals surface area contributed by atoms with Crippen molar-refractivity contribution < 1.29 is 21.8 Å². The van der Waals surface area contributed by atoms with Gasteiger partial charge in [0.05, 0.1) is 34.9 Å². The number of aromatic nitrogens is 4. The summed E-state index contributed by atoms with van der Waals surface area (Å²) in [4.78, 5) is 2.38. The summed E-state index contributed by atoms with van der Waals surface area (Å²) in [5.41, 5.74) is 3.25. The average Bonchev–Trinajstić information content (AvgIpc) is 3.47. The number of alkyl halides is 3. The number of nitrogens with zero attached hydrogens (tertiary/aromatic N) is 6. The Kier molecular flexibility index (Phi) is 6.90. The molecule has 5 rings (SSSR count). The number of rotatable bonds is 6. The summed E-state index contributed by atoms with van der Waals surface area (Å²) in [5.74, 6) is -0.344. The van der Waals surface area contributed by atoms with Crippen molar-refractivity contribution in [1.82, 2.24) is 28.8 Å². The third-order valence-corrected chi connectivity index (χ3v) is 8.05. The smallest absolute Gasteiger partial charge is 0.293 e. The highest BCUT2D eigenvalue weighted by atomic mass is 32.2. The van der Waals surface area contributed by atoms with Gasteiger partial charge in [-0.15, -0.1) is 0 Å². The zero-order valence-corrected chi connectivity index (χ0v) is 21.1. The molecule has 0 amide bonds. The van der Waals surface area contributed by atoms with Crippen molar-refractivity contribution in [2.45, 2.75) is 30.5 Å². The number of piperazine rings is 1. The van der Waals surface area contributed by atoms with Gasteiger partial charge >= 0.3 is 6.18 Å². The molecule has 0 spiro atoms. The van der Waals surface area contributed by atoms with Crippen LogP contribution in [0.25, 0.3) is 16.6 Å². The van der Waals surface area contributed by atoms with E-state index in [9.17, 15) is 21.8 Å². The predicted molar refractivity (Wildman–Crippen MR) is 132 cm³/mol. The Morgan fingerprint density at radius 3 is 2.51 bits per heavy atom. The van der Waals surface area contributed by atoms with Gasteiger partial charge in [-0.3, -0.25) is 9.58 Å². The predicted octanol–water partition coefficient (Wildman–Crippen LogP) is 4.54. The summed E-state index contributed by atoms with van der Waals surface area (Å²) in [6.45, 7) is 2.79. The highest BCUT2D eigenvalue weighted by Crippen LogP contribution is 2.34. The molecule has 1 aliphatic rings. The summed E-state index contributed by atoms with van der Waals surface area (Å²) in [7, 11) is 0.257. The molecule has 0 aliphatic carbocycles. The lowest BCUT2D eigenvalue weighted by atomic mass is 9.96. The number of benzene rings is 2. The van der Waals surface area contributed by atoms with Crippen LogP contribution in [0.1, 0.15) is 23.6 Å². The van der Waals surface area contributed by atoms with Gasteiger partial charge in [-0.1, -0.05) is 0 Å². The first-order chi connectivity index (χ1) is 17.6. The van der Waals surface area contributed by atoms with Crippen LogP contribution >= 0.6 is 0 Å². The molecular formula is C25H26F4N6OS. The van der Waals surface area contributed by atoms with Gasteiger partial charge in [-0.05, 0) is 54.4 Å². The molecule has 1 aliphatic heterocycles. The molecule has 1 fully saturated rings. The number of hydrogen-bond acceptors (Lipinski definition) is 4. The average molecular weight is 535 g/mol. The second-order valence-corrected chi connectivity index (χ2v) is 10.7. The molecule has 0 N–H and O–H groups in total. The number of halogens is 4. The van der Waals surface area contributed by atoms with Gasteiger partial charge in [0.25, 0.3) is 0 Å². The molecule has 7 nitrogen and oxygen atoms in total. The van der Waals surface area contributed by atoms with E-state index >= 15 is 0 Å². The molecular weight excluding hydrogens is 508 g/mol. The topological polar surface area (TPSA) is 59.2 Å². The fourth-order valence-corrected chi connectivity index (χ4v) is 5.96. The molecule has 12 heteroatoms. The van der Waals surface area contributed by atoms with Crippen LogP contribution in [0.3, 0.4) is 0 Å². The first kappa shape index (κ1) is 25.6. The van der Waals surface area contributed by atoms with Crippen molar-refractivity contribution in [3.05, 3.63) is 71.9 Å². The van der Waals surface area contributed by atoms with Crippen molar-refractivity contribution in [3.8, 4) is 5.69 Å². The highest BCUT2D eigenvalue weighted by Gasteiger charge is 2.35. The normalized spacial score (nSPS) is 18.5. The van der Waals surface area contributed by atoms with Crippen molar-refractivity contribution in [3.63, 3.8) is 0 Å². The number of aryl methyl sites for hydroxylation is 2. The van der Waals surface area contributed by atoms with Crippen LogP contribution in [0, 0.1) is 12.7 Å². The van der Waals surface area contributed by atoms with Crippen LogP contribution in [-0.4, -0.2) is 65.3 Å². The third kappa shape index (κ3) is 5.46. The lowest BCUT2D eigenvalue weighted by Crippen LogP contribution is -2.49. The lowest BCUT2D eigenvalue weighted by Gasteiger charge is -2.41. The van der Waals surface area contributed by atoms with Gasteiger partial charge in [0, 0.05) is 50.9 Å². The van der Waals surface area contributed by atoms with E-state index in [0.717, 1.165) is 22.0 Å². The first-order valence-corrected chi connectivity index (χ1v) is 12.9. The maximum atomic E-state index is 13.4. The molecule has 2 unspecified atom stereocenters. The number of fused-ring (bicyclic) bond motifs is 1. The molecule has 0 saturated carbocycles. The molecule has 0 radical (unpaired) electrons. The minimum Gasteiger partial charge on any atom is -0.293 e. The minimum absolute atomic E-state index is 0.145. The van der Waals surface area contributed by atoms with Crippen LogP contribution in [0.15, 0.2) is 59.9 Å². The third-order valence-electron chi connectivity index (χ3n) is 6.64. The maximum absolute atomic E-state index is 13.4. The molecule has 2 aromatic carbocycles. The second-order valence-electron chi connectivity index (χ2n) is 9.20. The fraction of sp³-hybridized carbons (Fsp3) is 0.360. The zero-order valence-electron chi connectivity index (χ0n) is 20.3. The van der Waals surface area contributed by atoms with Gasteiger partial charge in [-0.2, -0.15) is 23.4 Å². The second kappa shape index (κ2) is 9.99. The Morgan fingerprint density at radius 2 is 1.84 bits per heavy atom. The summed E-state index contributed by atoms with van der Waals surface area (Å²) < 4.78 is 71.1. The van der Waals surface area contributed by atoms with E-state index < -0.39 is 29.6 Å². The van der Waals surface area contributed by atoms with Gasteiger partial charge in [0.15, 0.2) is 0 Å². The standard InChI is InChI=1S/C25H26F4N6OS/c1-17-11-23-18(13-31-35(23)20-5-3-19(26)4-6-20)12-22(17)24-16-34(37(36)21-14-30-32(2)15-21)10-9-33(24)8-7-25(27,28)29/h3-6,11-15,24H,7-10,16H2,1-2H3. The Bertz CT molecular complexity index is 1430. The van der Waals surface area contributed by atoms with Gasteiger partial charge in [0.2, 0.25) is 0 Å². The van der Waals surface area contributed by atoms with E-state index in [1.54, 1.807) is 51.4 Å². The monoisotopic (exact) mass is 534 g/mol. The maximum Gasteiger partial charge on any atom is 0.390 e. The Morgan fingerprint density at radius 1 is 1.08 bits per heavy atom. The minimum atomic E-state index is -4.27. The van der Waals surface area contributed by atoms with Crippen LogP contribution in [0.2, 0.25) is 0 Å². The van der Waals surface area contributed by atoms with Gasteiger partial charge < -0.3 is 0 Å². The van der Waals surface area contributed by atoms with Crippen molar-refractivity contribution >= 4 is 21.9 Å². The molecule has 2 atom stereocenters. The molecule has 2 aromatic heterocycles. The summed E-state index contributed by atoms with van der Waals surface area (Å²) in [6, 6.07) is 9.49. The zero-order chi connectivity index (χ0) is 26.3.